The number of ether oxygens (including phenoxy) is 1. The molecule has 0 spiro atoms. The second kappa shape index (κ2) is 6.93. The van der Waals surface area contributed by atoms with Crippen LogP contribution in [0.4, 0.5) is 0 Å². The standard InChI is InChI=1S/C14H20N2O/c1-4-13-9-12(5-6-14(13)17-3)7-8-16-11(2)10-15/h5-6,9,11,16H,4,7-8H2,1-3H3. The fourth-order valence-corrected chi connectivity index (χ4v) is 1.74. The normalized spacial score (nSPS) is 11.9. The molecule has 1 N–H and O–H groups in total. The molecule has 92 valence electrons. The van der Waals surface area contributed by atoms with Crippen molar-refractivity contribution in [3.63, 3.8) is 0 Å². The lowest BCUT2D eigenvalue weighted by Crippen LogP contribution is -2.26. The predicted molar refractivity (Wildman–Crippen MR) is 69.2 cm³/mol. The average molecular weight is 232 g/mol. The highest BCUT2D eigenvalue weighted by Crippen LogP contribution is 2.20. The van der Waals surface area contributed by atoms with Crippen LogP contribution in [0.5, 0.6) is 5.75 Å². The zero-order valence-corrected chi connectivity index (χ0v) is 10.8. The Morgan fingerprint density at radius 2 is 2.24 bits per heavy atom. The van der Waals surface area contributed by atoms with E-state index in [9.17, 15) is 0 Å². The molecule has 1 rings (SSSR count). The van der Waals surface area contributed by atoms with Crippen LogP contribution < -0.4 is 10.1 Å². The Kier molecular flexibility index (Phi) is 5.51. The highest BCUT2D eigenvalue weighted by atomic mass is 16.5. The van der Waals surface area contributed by atoms with Crippen LogP contribution in [0, 0.1) is 11.3 Å². The van der Waals surface area contributed by atoms with Crippen LogP contribution in [0.25, 0.3) is 0 Å². The molecule has 0 amide bonds. The molecule has 0 saturated heterocycles. The summed E-state index contributed by atoms with van der Waals surface area (Å²) >= 11 is 0. The first kappa shape index (κ1) is 13.5. The van der Waals surface area contributed by atoms with Gasteiger partial charge in [0.2, 0.25) is 0 Å². The number of methoxy groups -OCH3 is 1. The molecule has 17 heavy (non-hydrogen) atoms. The summed E-state index contributed by atoms with van der Waals surface area (Å²) in [6, 6.07) is 8.35. The smallest absolute Gasteiger partial charge is 0.122 e. The van der Waals surface area contributed by atoms with Crippen molar-refractivity contribution >= 4 is 0 Å². The van der Waals surface area contributed by atoms with E-state index in [4.69, 9.17) is 10.00 Å². The van der Waals surface area contributed by atoms with Gasteiger partial charge in [-0.1, -0.05) is 19.1 Å². The molecule has 3 nitrogen and oxygen atoms in total. The van der Waals surface area contributed by atoms with Gasteiger partial charge in [0.05, 0.1) is 19.2 Å². The Balaban J connectivity index is 2.58. The summed E-state index contributed by atoms with van der Waals surface area (Å²) in [7, 11) is 1.70. The number of nitrogens with one attached hydrogen (secondary N) is 1. The van der Waals surface area contributed by atoms with Crippen LogP contribution in [0.15, 0.2) is 18.2 Å². The number of aryl methyl sites for hydroxylation is 1. The van der Waals surface area contributed by atoms with Crippen LogP contribution in [0.3, 0.4) is 0 Å². The fourth-order valence-electron chi connectivity index (χ4n) is 1.74. The van der Waals surface area contributed by atoms with Gasteiger partial charge in [0, 0.05) is 6.54 Å². The topological polar surface area (TPSA) is 45.0 Å². The summed E-state index contributed by atoms with van der Waals surface area (Å²) < 4.78 is 5.29. The monoisotopic (exact) mass is 232 g/mol. The van der Waals surface area contributed by atoms with Crippen LogP contribution in [-0.2, 0) is 12.8 Å². The van der Waals surface area contributed by atoms with Gasteiger partial charge in [-0.15, -0.1) is 0 Å². The lowest BCUT2D eigenvalue weighted by Gasteiger charge is -2.10. The molecule has 0 aliphatic carbocycles. The van der Waals surface area contributed by atoms with Gasteiger partial charge in [-0.25, -0.2) is 0 Å². The van der Waals surface area contributed by atoms with Gasteiger partial charge in [-0.2, -0.15) is 5.26 Å². The van der Waals surface area contributed by atoms with Gasteiger partial charge >= 0.3 is 0 Å². The van der Waals surface area contributed by atoms with Crippen LogP contribution in [-0.4, -0.2) is 19.7 Å². The van der Waals surface area contributed by atoms with E-state index in [-0.39, 0.29) is 6.04 Å². The third kappa shape index (κ3) is 4.08. The summed E-state index contributed by atoms with van der Waals surface area (Å²) in [6.07, 6.45) is 1.90. The van der Waals surface area contributed by atoms with E-state index in [1.165, 1.54) is 11.1 Å². The maximum atomic E-state index is 8.65. The van der Waals surface area contributed by atoms with Gasteiger partial charge in [0.1, 0.15) is 5.75 Å². The third-order valence-electron chi connectivity index (χ3n) is 2.78. The molecule has 0 aliphatic heterocycles. The first-order chi connectivity index (χ1) is 8.21. The van der Waals surface area contributed by atoms with Crippen molar-refractivity contribution in [3.8, 4) is 11.8 Å². The second-order valence-electron chi connectivity index (χ2n) is 4.05. The minimum atomic E-state index is -0.0844. The summed E-state index contributed by atoms with van der Waals surface area (Å²) in [5.74, 6) is 0.953. The van der Waals surface area contributed by atoms with Crippen molar-refractivity contribution < 1.29 is 4.74 Å². The van der Waals surface area contributed by atoms with Crippen molar-refractivity contribution in [3.05, 3.63) is 29.3 Å². The van der Waals surface area contributed by atoms with E-state index < -0.39 is 0 Å². The highest BCUT2D eigenvalue weighted by Gasteiger charge is 2.03. The molecule has 0 aromatic heterocycles. The molecule has 0 aliphatic rings. The summed E-state index contributed by atoms with van der Waals surface area (Å²) in [5.41, 5.74) is 2.51. The van der Waals surface area contributed by atoms with Crippen LogP contribution in [0.2, 0.25) is 0 Å². The molecule has 0 heterocycles. The van der Waals surface area contributed by atoms with E-state index in [0.717, 1.165) is 25.1 Å². The number of nitriles is 1. The van der Waals surface area contributed by atoms with Crippen molar-refractivity contribution in [2.45, 2.75) is 32.7 Å². The summed E-state index contributed by atoms with van der Waals surface area (Å²) in [6.45, 7) is 4.81. The molecule has 0 fully saturated rings. The molecular weight excluding hydrogens is 212 g/mol. The fraction of sp³-hybridized carbons (Fsp3) is 0.500. The van der Waals surface area contributed by atoms with Crippen molar-refractivity contribution in [1.29, 1.82) is 5.26 Å². The predicted octanol–water partition coefficient (Wildman–Crippen LogP) is 2.30. The molecule has 3 heteroatoms. The number of nitrogens with zero attached hydrogens (tertiary/aromatic N) is 1. The zero-order chi connectivity index (χ0) is 12.7. The van der Waals surface area contributed by atoms with E-state index in [1.807, 2.05) is 13.0 Å². The van der Waals surface area contributed by atoms with Gasteiger partial charge < -0.3 is 10.1 Å². The van der Waals surface area contributed by atoms with E-state index in [1.54, 1.807) is 7.11 Å². The summed E-state index contributed by atoms with van der Waals surface area (Å²) in [4.78, 5) is 0. The lowest BCUT2D eigenvalue weighted by atomic mass is 10.1. The first-order valence-electron chi connectivity index (χ1n) is 6.00. The van der Waals surface area contributed by atoms with E-state index >= 15 is 0 Å². The summed E-state index contributed by atoms with van der Waals surface area (Å²) in [5, 5.41) is 11.8. The molecule has 1 atom stereocenters. The van der Waals surface area contributed by atoms with Gasteiger partial charge in [0.15, 0.2) is 0 Å². The number of hydrogen-bond acceptors (Lipinski definition) is 3. The van der Waals surface area contributed by atoms with Crippen molar-refractivity contribution in [2.24, 2.45) is 0 Å². The quantitative estimate of drug-likeness (QED) is 0.818. The Bertz CT molecular complexity index is 396. The van der Waals surface area contributed by atoms with Gasteiger partial charge in [-0.3, -0.25) is 0 Å². The molecule has 0 bridgehead atoms. The zero-order valence-electron chi connectivity index (χ0n) is 10.8. The number of benzene rings is 1. The van der Waals surface area contributed by atoms with Crippen LogP contribution in [0.1, 0.15) is 25.0 Å². The van der Waals surface area contributed by atoms with E-state index in [0.29, 0.717) is 0 Å². The first-order valence-corrected chi connectivity index (χ1v) is 6.00. The molecule has 1 unspecified atom stereocenters. The minimum absolute atomic E-state index is 0.0844. The Morgan fingerprint density at radius 3 is 2.82 bits per heavy atom. The average Bonchev–Trinajstić information content (AvgIpc) is 2.38. The van der Waals surface area contributed by atoms with Crippen LogP contribution >= 0.6 is 0 Å². The Labute approximate surface area is 103 Å². The Hall–Kier alpha value is -1.53. The maximum Gasteiger partial charge on any atom is 0.122 e. The third-order valence-corrected chi connectivity index (χ3v) is 2.78. The largest absolute Gasteiger partial charge is 0.496 e. The molecule has 0 radical (unpaired) electrons. The second-order valence-corrected chi connectivity index (χ2v) is 4.05. The lowest BCUT2D eigenvalue weighted by molar-refractivity contribution is 0.410. The maximum absolute atomic E-state index is 8.65. The molecular formula is C14H20N2O. The molecule has 1 aromatic carbocycles. The molecule has 1 aromatic rings. The Morgan fingerprint density at radius 1 is 1.47 bits per heavy atom. The minimum Gasteiger partial charge on any atom is -0.496 e. The molecule has 0 saturated carbocycles. The van der Waals surface area contributed by atoms with Crippen molar-refractivity contribution in [2.75, 3.05) is 13.7 Å². The number of hydrogen-bond donors (Lipinski definition) is 1. The van der Waals surface area contributed by atoms with Crippen molar-refractivity contribution in [1.82, 2.24) is 5.32 Å². The van der Waals surface area contributed by atoms with Gasteiger partial charge in [0.25, 0.3) is 0 Å². The van der Waals surface area contributed by atoms with E-state index in [2.05, 4.69) is 30.4 Å². The SMILES string of the molecule is CCc1cc(CCNC(C)C#N)ccc1OC. The highest BCUT2D eigenvalue weighted by molar-refractivity contribution is 5.37. The van der Waals surface area contributed by atoms with Gasteiger partial charge in [-0.05, 0) is 37.0 Å². The number of rotatable bonds is 6.